The predicted octanol–water partition coefficient (Wildman–Crippen LogP) is 4.46. The highest BCUT2D eigenvalue weighted by molar-refractivity contribution is 5.91. The van der Waals surface area contributed by atoms with Crippen LogP contribution in [-0.4, -0.2) is 12.5 Å². The molecule has 2 N–H and O–H groups in total. The van der Waals surface area contributed by atoms with Gasteiger partial charge in [-0.1, -0.05) is 31.2 Å². The van der Waals surface area contributed by atoms with Crippen LogP contribution in [0.15, 0.2) is 42.5 Å². The monoisotopic (exact) mass is 368 g/mol. The first-order chi connectivity index (χ1) is 11.6. The summed E-state index contributed by atoms with van der Waals surface area (Å²) in [6.45, 7) is 3.58. The molecule has 0 aliphatic rings. The van der Waals surface area contributed by atoms with Gasteiger partial charge in [0, 0.05) is 18.7 Å². The number of anilines is 1. The Kier molecular flexibility index (Phi) is 9.10. The molecule has 2 aromatic rings. The quantitative estimate of drug-likeness (QED) is 0.722. The summed E-state index contributed by atoms with van der Waals surface area (Å²) in [7, 11) is 0. The van der Waals surface area contributed by atoms with Crippen LogP contribution in [0.4, 0.5) is 14.5 Å². The van der Waals surface area contributed by atoms with Crippen molar-refractivity contribution in [2.75, 3.05) is 11.9 Å². The topological polar surface area (TPSA) is 41.1 Å². The van der Waals surface area contributed by atoms with Crippen molar-refractivity contribution in [3.8, 4) is 0 Å². The third-order valence-corrected chi connectivity index (χ3v) is 3.71. The molecule has 6 heteroatoms. The maximum atomic E-state index is 13.1. The van der Waals surface area contributed by atoms with Crippen molar-refractivity contribution in [1.29, 1.82) is 0 Å². The minimum Gasteiger partial charge on any atom is -0.326 e. The summed E-state index contributed by atoms with van der Waals surface area (Å²) >= 11 is 0. The molecule has 0 aromatic heterocycles. The van der Waals surface area contributed by atoms with E-state index < -0.39 is 11.6 Å². The Morgan fingerprint density at radius 1 is 1.08 bits per heavy atom. The molecule has 0 heterocycles. The van der Waals surface area contributed by atoms with E-state index in [2.05, 4.69) is 10.6 Å². The lowest BCUT2D eigenvalue weighted by molar-refractivity contribution is -0.116. The number of benzene rings is 2. The van der Waals surface area contributed by atoms with E-state index in [1.54, 1.807) is 6.07 Å². The molecule has 3 nitrogen and oxygen atoms in total. The lowest BCUT2D eigenvalue weighted by Gasteiger charge is -2.11. The van der Waals surface area contributed by atoms with Gasteiger partial charge >= 0.3 is 0 Å². The highest BCUT2D eigenvalue weighted by Crippen LogP contribution is 2.16. The van der Waals surface area contributed by atoms with Crippen molar-refractivity contribution in [2.45, 2.75) is 32.7 Å². The van der Waals surface area contributed by atoms with Crippen LogP contribution in [0.1, 0.15) is 30.9 Å². The second-order valence-electron chi connectivity index (χ2n) is 5.59. The summed E-state index contributed by atoms with van der Waals surface area (Å²) in [6, 6.07) is 11.5. The predicted molar refractivity (Wildman–Crippen MR) is 99.0 cm³/mol. The molecular formula is C19H23ClF2N2O. The van der Waals surface area contributed by atoms with E-state index in [0.717, 1.165) is 23.9 Å². The first kappa shape index (κ1) is 21.1. The second kappa shape index (κ2) is 10.8. The summed E-state index contributed by atoms with van der Waals surface area (Å²) < 4.78 is 26.0. The first-order valence-corrected chi connectivity index (χ1v) is 8.12. The average Bonchev–Trinajstić information content (AvgIpc) is 2.57. The SMILES string of the molecule is CCNCc1ccccc1NC(=O)CCCc1ccc(F)c(F)c1.Cl. The van der Waals surface area contributed by atoms with Crippen molar-refractivity contribution in [2.24, 2.45) is 0 Å². The van der Waals surface area contributed by atoms with Crippen molar-refractivity contribution in [1.82, 2.24) is 5.32 Å². The maximum Gasteiger partial charge on any atom is 0.224 e. The molecule has 0 radical (unpaired) electrons. The average molecular weight is 369 g/mol. The van der Waals surface area contributed by atoms with E-state index in [4.69, 9.17) is 0 Å². The Hall–Kier alpha value is -1.98. The molecule has 0 aliphatic carbocycles. The van der Waals surface area contributed by atoms with Gasteiger partial charge in [0.1, 0.15) is 0 Å². The van der Waals surface area contributed by atoms with Gasteiger partial charge in [-0.3, -0.25) is 4.79 Å². The van der Waals surface area contributed by atoms with E-state index >= 15 is 0 Å². The van der Waals surface area contributed by atoms with Crippen LogP contribution in [0, 0.1) is 11.6 Å². The zero-order valence-corrected chi connectivity index (χ0v) is 15.0. The van der Waals surface area contributed by atoms with Gasteiger partial charge in [0.15, 0.2) is 11.6 Å². The smallest absolute Gasteiger partial charge is 0.224 e. The summed E-state index contributed by atoms with van der Waals surface area (Å²) in [4.78, 5) is 12.1. The number of amides is 1. The van der Waals surface area contributed by atoms with E-state index in [1.165, 1.54) is 6.07 Å². The number of hydrogen-bond donors (Lipinski definition) is 2. The van der Waals surface area contributed by atoms with E-state index in [-0.39, 0.29) is 18.3 Å². The standard InChI is InChI=1S/C19H22F2N2O.ClH/c1-2-22-13-15-7-3-4-8-18(15)23-19(24)9-5-6-14-10-11-16(20)17(21)12-14;/h3-4,7-8,10-12,22H,2,5-6,9,13H2,1H3,(H,23,24);1H. The number of aryl methyl sites for hydroxylation is 1. The maximum absolute atomic E-state index is 13.1. The number of carbonyl (C=O) groups excluding carboxylic acids is 1. The summed E-state index contributed by atoms with van der Waals surface area (Å²) in [5, 5.41) is 6.15. The Morgan fingerprint density at radius 3 is 2.56 bits per heavy atom. The Labute approximate surface area is 153 Å². The van der Waals surface area contributed by atoms with Gasteiger partial charge in [0.2, 0.25) is 5.91 Å². The van der Waals surface area contributed by atoms with E-state index in [1.807, 2.05) is 31.2 Å². The number of rotatable bonds is 8. The van der Waals surface area contributed by atoms with Gasteiger partial charge in [-0.2, -0.15) is 0 Å². The van der Waals surface area contributed by atoms with Crippen LogP contribution in [0.5, 0.6) is 0 Å². The third-order valence-electron chi connectivity index (χ3n) is 3.71. The highest BCUT2D eigenvalue weighted by Gasteiger charge is 2.07. The molecule has 1 amide bonds. The Balaban J connectivity index is 0.00000312. The molecule has 0 spiro atoms. The molecule has 2 aromatic carbocycles. The fourth-order valence-electron chi connectivity index (χ4n) is 2.42. The van der Waals surface area contributed by atoms with Gasteiger partial charge in [-0.25, -0.2) is 8.78 Å². The zero-order chi connectivity index (χ0) is 17.4. The fraction of sp³-hybridized carbons (Fsp3) is 0.316. The summed E-state index contributed by atoms with van der Waals surface area (Å²) in [5.74, 6) is -1.79. The number of carbonyl (C=O) groups is 1. The van der Waals surface area contributed by atoms with Crippen molar-refractivity contribution >= 4 is 24.0 Å². The molecule has 2 rings (SSSR count). The van der Waals surface area contributed by atoms with Gasteiger partial charge in [-0.15, -0.1) is 12.4 Å². The number of para-hydroxylation sites is 1. The second-order valence-corrected chi connectivity index (χ2v) is 5.59. The third kappa shape index (κ3) is 6.80. The molecule has 0 atom stereocenters. The van der Waals surface area contributed by atoms with E-state index in [0.29, 0.717) is 31.4 Å². The van der Waals surface area contributed by atoms with Gasteiger partial charge in [0.05, 0.1) is 0 Å². The normalized spacial score (nSPS) is 10.2. The molecule has 0 fully saturated rings. The molecule has 0 saturated carbocycles. The van der Waals surface area contributed by atoms with Crippen LogP contribution in [0.3, 0.4) is 0 Å². The summed E-state index contributed by atoms with van der Waals surface area (Å²) in [6.07, 6.45) is 1.43. The lowest BCUT2D eigenvalue weighted by Crippen LogP contribution is -2.17. The van der Waals surface area contributed by atoms with Crippen molar-refractivity contribution < 1.29 is 13.6 Å². The van der Waals surface area contributed by atoms with Crippen molar-refractivity contribution in [3.63, 3.8) is 0 Å². The zero-order valence-electron chi connectivity index (χ0n) is 14.1. The minimum absolute atomic E-state index is 0. The van der Waals surface area contributed by atoms with Crippen LogP contribution < -0.4 is 10.6 Å². The lowest BCUT2D eigenvalue weighted by atomic mass is 10.1. The first-order valence-electron chi connectivity index (χ1n) is 8.12. The molecule has 0 unspecified atom stereocenters. The number of halogens is 3. The van der Waals surface area contributed by atoms with Crippen molar-refractivity contribution in [3.05, 3.63) is 65.2 Å². The molecular weight excluding hydrogens is 346 g/mol. The Morgan fingerprint density at radius 2 is 1.84 bits per heavy atom. The summed E-state index contributed by atoms with van der Waals surface area (Å²) in [5.41, 5.74) is 2.53. The van der Waals surface area contributed by atoms with Crippen LogP contribution in [0.25, 0.3) is 0 Å². The van der Waals surface area contributed by atoms with Gasteiger partial charge in [0.25, 0.3) is 0 Å². The van der Waals surface area contributed by atoms with Gasteiger partial charge < -0.3 is 10.6 Å². The number of nitrogens with one attached hydrogen (secondary N) is 2. The molecule has 136 valence electrons. The van der Waals surface area contributed by atoms with Gasteiger partial charge in [-0.05, 0) is 48.7 Å². The Bertz CT molecular complexity index is 695. The van der Waals surface area contributed by atoms with Crippen LogP contribution >= 0.6 is 12.4 Å². The van der Waals surface area contributed by atoms with Crippen LogP contribution in [-0.2, 0) is 17.8 Å². The highest BCUT2D eigenvalue weighted by atomic mass is 35.5. The molecule has 25 heavy (non-hydrogen) atoms. The fourth-order valence-corrected chi connectivity index (χ4v) is 2.42. The largest absolute Gasteiger partial charge is 0.326 e. The molecule has 0 saturated heterocycles. The molecule has 0 bridgehead atoms. The number of hydrogen-bond acceptors (Lipinski definition) is 2. The molecule has 0 aliphatic heterocycles. The van der Waals surface area contributed by atoms with Crippen LogP contribution in [0.2, 0.25) is 0 Å². The van der Waals surface area contributed by atoms with E-state index in [9.17, 15) is 13.6 Å². The minimum atomic E-state index is -0.853.